The minimum absolute atomic E-state index is 0.0444. The zero-order valence-electron chi connectivity index (χ0n) is 22.8. The Hall–Kier alpha value is -3.50. The van der Waals surface area contributed by atoms with Gasteiger partial charge in [-0.1, -0.05) is 57.6 Å². The van der Waals surface area contributed by atoms with Gasteiger partial charge in [-0.25, -0.2) is 9.59 Å². The van der Waals surface area contributed by atoms with Gasteiger partial charge in [0.1, 0.15) is 34.1 Å². The lowest BCUT2D eigenvalue weighted by Crippen LogP contribution is -2.23. The first-order chi connectivity index (χ1) is 18.5. The maximum atomic E-state index is 12.8. The van der Waals surface area contributed by atoms with Crippen LogP contribution < -0.4 is 18.9 Å². The Labute approximate surface area is 223 Å². The van der Waals surface area contributed by atoms with E-state index in [-0.39, 0.29) is 34.1 Å². The second-order valence-corrected chi connectivity index (χ2v) is 8.35. The average molecular weight is 535 g/mol. The smallest absolute Gasteiger partial charge is 0.380 e. The summed E-state index contributed by atoms with van der Waals surface area (Å²) >= 11 is 0. The molecule has 2 aromatic rings. The molecule has 2 aromatic carbocycles. The molecule has 210 valence electrons. The van der Waals surface area contributed by atoms with Gasteiger partial charge in [0.25, 0.3) is 0 Å². The summed E-state index contributed by atoms with van der Waals surface area (Å²) in [5.41, 5.74) is 0.0888. The molecule has 0 aliphatic carbocycles. The van der Waals surface area contributed by atoms with Crippen LogP contribution in [0.4, 0.5) is 0 Å². The van der Waals surface area contributed by atoms with E-state index in [4.69, 9.17) is 38.5 Å². The van der Waals surface area contributed by atoms with Crippen molar-refractivity contribution in [2.45, 2.75) is 64.6 Å². The van der Waals surface area contributed by atoms with Gasteiger partial charge in [-0.3, -0.25) is 9.78 Å². The number of rotatable bonds is 18. The third-order valence-corrected chi connectivity index (χ3v) is 5.77. The summed E-state index contributed by atoms with van der Waals surface area (Å²) in [4.78, 5) is 46.3. The number of hydrogen-bond acceptors (Lipinski definition) is 10. The maximum absolute atomic E-state index is 12.8. The van der Waals surface area contributed by atoms with Gasteiger partial charge in [0.15, 0.2) is 0 Å². The van der Waals surface area contributed by atoms with Gasteiger partial charge in [-0.2, -0.15) is 0 Å². The number of hydrogen-bond donors (Lipinski definition) is 0. The summed E-state index contributed by atoms with van der Waals surface area (Å²) in [7, 11) is 5.68. The molecule has 0 heterocycles. The minimum Gasteiger partial charge on any atom is -0.496 e. The molecule has 0 radical (unpaired) electrons. The minimum atomic E-state index is -1.18. The van der Waals surface area contributed by atoms with Gasteiger partial charge in [0.2, 0.25) is 6.29 Å². The van der Waals surface area contributed by atoms with Gasteiger partial charge in [0, 0.05) is 6.42 Å². The second kappa shape index (κ2) is 17.1. The van der Waals surface area contributed by atoms with E-state index in [1.165, 1.54) is 47.7 Å². The summed E-state index contributed by atoms with van der Waals surface area (Å²) in [6.45, 7) is 2.17. The van der Waals surface area contributed by atoms with Crippen molar-refractivity contribution in [2.75, 3.05) is 28.4 Å². The largest absolute Gasteiger partial charge is 0.496 e. The van der Waals surface area contributed by atoms with Crippen molar-refractivity contribution in [3.8, 4) is 23.0 Å². The molecule has 0 saturated heterocycles. The Bertz CT molecular complexity index is 891. The van der Waals surface area contributed by atoms with Crippen LogP contribution in [0.15, 0.2) is 36.4 Å². The fourth-order valence-corrected chi connectivity index (χ4v) is 3.76. The quantitative estimate of drug-likeness (QED) is 0.0968. The van der Waals surface area contributed by atoms with Crippen molar-refractivity contribution >= 4 is 11.9 Å². The standard InChI is InChI=1S/C28H38O10/c1-6-7-8-9-10-11-12-19-24(35-37-27(29)25-20(31-2)15-13-16-21(25)32-3)36-38-28(30)26-22(33-4)17-14-18-23(26)34-5/h13-18,24H,6-12,19H2,1-5H3. The number of benzene rings is 2. The lowest BCUT2D eigenvalue weighted by molar-refractivity contribution is -0.422. The summed E-state index contributed by atoms with van der Waals surface area (Å²) in [6.07, 6.45) is 6.48. The van der Waals surface area contributed by atoms with Crippen LogP contribution in [0.3, 0.4) is 0 Å². The Balaban J connectivity index is 2.07. The normalized spacial score (nSPS) is 10.7. The first-order valence-corrected chi connectivity index (χ1v) is 12.7. The van der Waals surface area contributed by atoms with Crippen molar-refractivity contribution < 1.29 is 48.1 Å². The lowest BCUT2D eigenvalue weighted by Gasteiger charge is -2.17. The molecule has 0 amide bonds. The number of methoxy groups -OCH3 is 4. The highest BCUT2D eigenvalue weighted by atomic mass is 17.3. The molecule has 0 aliphatic rings. The highest BCUT2D eigenvalue weighted by Crippen LogP contribution is 2.30. The fourth-order valence-electron chi connectivity index (χ4n) is 3.76. The summed E-state index contributed by atoms with van der Waals surface area (Å²) in [5.74, 6) is -0.723. The molecule has 0 saturated carbocycles. The second-order valence-electron chi connectivity index (χ2n) is 8.35. The van der Waals surface area contributed by atoms with E-state index in [1.807, 2.05) is 0 Å². The topological polar surface area (TPSA) is 108 Å². The van der Waals surface area contributed by atoms with E-state index in [0.717, 1.165) is 19.3 Å². The van der Waals surface area contributed by atoms with Crippen LogP contribution in [0.2, 0.25) is 0 Å². The van der Waals surface area contributed by atoms with Crippen LogP contribution >= 0.6 is 0 Å². The third kappa shape index (κ3) is 9.11. The number of carbonyl (C=O) groups excluding carboxylic acids is 2. The molecule has 10 nitrogen and oxygen atoms in total. The molecule has 0 spiro atoms. The Morgan fingerprint density at radius 3 is 1.34 bits per heavy atom. The summed E-state index contributed by atoms with van der Waals surface area (Å²) < 4.78 is 21.0. The first kappa shape index (κ1) is 30.7. The maximum Gasteiger partial charge on any atom is 0.380 e. The average Bonchev–Trinajstić information content (AvgIpc) is 2.96. The summed E-state index contributed by atoms with van der Waals surface area (Å²) in [6, 6.07) is 9.71. The van der Waals surface area contributed by atoms with Crippen LogP contribution in [-0.4, -0.2) is 46.7 Å². The van der Waals surface area contributed by atoms with Crippen molar-refractivity contribution in [1.82, 2.24) is 0 Å². The van der Waals surface area contributed by atoms with Gasteiger partial charge in [-0.05, 0) is 30.7 Å². The molecule has 0 atom stereocenters. The third-order valence-electron chi connectivity index (χ3n) is 5.77. The van der Waals surface area contributed by atoms with Crippen molar-refractivity contribution in [1.29, 1.82) is 0 Å². The Morgan fingerprint density at radius 1 is 0.605 bits per heavy atom. The fraction of sp³-hybridized carbons (Fsp3) is 0.500. The highest BCUT2D eigenvalue weighted by Gasteiger charge is 2.26. The highest BCUT2D eigenvalue weighted by molar-refractivity contribution is 5.96. The molecular formula is C28H38O10. The number of ether oxygens (including phenoxy) is 4. The number of carbonyl (C=O) groups is 2. The van der Waals surface area contributed by atoms with Crippen LogP contribution in [0.25, 0.3) is 0 Å². The van der Waals surface area contributed by atoms with Crippen molar-refractivity contribution in [3.63, 3.8) is 0 Å². The van der Waals surface area contributed by atoms with E-state index in [9.17, 15) is 9.59 Å². The molecule has 0 N–H and O–H groups in total. The van der Waals surface area contributed by atoms with E-state index in [1.54, 1.807) is 36.4 Å². The van der Waals surface area contributed by atoms with Gasteiger partial charge in [0.05, 0.1) is 28.4 Å². The number of unbranched alkanes of at least 4 members (excludes halogenated alkanes) is 6. The van der Waals surface area contributed by atoms with E-state index in [2.05, 4.69) is 6.92 Å². The zero-order chi connectivity index (χ0) is 27.8. The molecule has 0 aromatic heterocycles. The van der Waals surface area contributed by atoms with Crippen molar-refractivity contribution in [2.24, 2.45) is 0 Å². The Morgan fingerprint density at radius 2 is 0.974 bits per heavy atom. The van der Waals surface area contributed by atoms with Crippen molar-refractivity contribution in [3.05, 3.63) is 47.5 Å². The zero-order valence-corrected chi connectivity index (χ0v) is 22.8. The molecule has 0 unspecified atom stereocenters. The van der Waals surface area contributed by atoms with E-state index < -0.39 is 18.2 Å². The van der Waals surface area contributed by atoms with E-state index >= 15 is 0 Å². The van der Waals surface area contributed by atoms with Gasteiger partial charge in [-0.15, -0.1) is 9.78 Å². The van der Waals surface area contributed by atoms with E-state index in [0.29, 0.717) is 12.8 Å². The Kier molecular flexibility index (Phi) is 13.8. The SMILES string of the molecule is CCCCCCCCCC(OOC(=O)c1c(OC)cccc1OC)OOC(=O)c1c(OC)cccc1OC. The predicted molar refractivity (Wildman–Crippen MR) is 138 cm³/mol. The molecule has 0 fully saturated rings. The predicted octanol–water partition coefficient (Wildman–Crippen LogP) is 6.06. The summed E-state index contributed by atoms with van der Waals surface area (Å²) in [5, 5.41) is 0. The molecular weight excluding hydrogens is 496 g/mol. The van der Waals surface area contributed by atoms with Crippen LogP contribution in [0.5, 0.6) is 23.0 Å². The molecule has 2 rings (SSSR count). The molecule has 38 heavy (non-hydrogen) atoms. The lowest BCUT2D eigenvalue weighted by atomic mass is 10.1. The van der Waals surface area contributed by atoms with Gasteiger partial charge < -0.3 is 18.9 Å². The van der Waals surface area contributed by atoms with Gasteiger partial charge >= 0.3 is 11.9 Å². The van der Waals surface area contributed by atoms with Crippen LogP contribution in [0, 0.1) is 0 Å². The monoisotopic (exact) mass is 534 g/mol. The first-order valence-electron chi connectivity index (χ1n) is 12.7. The molecule has 10 heteroatoms. The molecule has 0 bridgehead atoms. The van der Waals surface area contributed by atoms with Crippen LogP contribution in [-0.2, 0) is 19.6 Å². The molecule has 0 aliphatic heterocycles. The van der Waals surface area contributed by atoms with Crippen LogP contribution in [0.1, 0.15) is 79.0 Å².